The fourth-order valence-corrected chi connectivity index (χ4v) is 3.01. The lowest BCUT2D eigenvalue weighted by Gasteiger charge is -2.29. The maximum atomic E-state index is 5.72. The Morgan fingerprint density at radius 2 is 2.12 bits per heavy atom. The molecular formula is C15H21NO. The number of benzene rings is 1. The van der Waals surface area contributed by atoms with E-state index in [2.05, 4.69) is 36.6 Å². The Hall–Kier alpha value is -1.02. The Labute approximate surface area is 103 Å². The predicted octanol–water partition coefficient (Wildman–Crippen LogP) is 2.94. The van der Waals surface area contributed by atoms with Crippen LogP contribution in [0, 0.1) is 5.92 Å². The lowest BCUT2D eigenvalue weighted by Crippen LogP contribution is -2.30. The van der Waals surface area contributed by atoms with Gasteiger partial charge in [0.2, 0.25) is 0 Å². The van der Waals surface area contributed by atoms with Gasteiger partial charge in [0, 0.05) is 6.04 Å². The van der Waals surface area contributed by atoms with Crippen molar-refractivity contribution >= 4 is 0 Å². The van der Waals surface area contributed by atoms with Crippen molar-refractivity contribution in [3.05, 3.63) is 29.8 Å². The van der Waals surface area contributed by atoms with E-state index in [-0.39, 0.29) is 0 Å². The summed E-state index contributed by atoms with van der Waals surface area (Å²) in [6.07, 6.45) is 5.26. The normalized spacial score (nSPS) is 24.9. The lowest BCUT2D eigenvalue weighted by molar-refractivity contribution is 0.253. The standard InChI is InChI=1S/C15H21NO/c1-16-14(11-6-7-11)10-12-8-9-17-15-5-3-2-4-13(12)15/h2-5,11-12,14,16H,6-10H2,1H3. The van der Waals surface area contributed by atoms with Crippen LogP contribution < -0.4 is 10.1 Å². The zero-order valence-electron chi connectivity index (χ0n) is 10.5. The van der Waals surface area contributed by atoms with Gasteiger partial charge in [-0.25, -0.2) is 0 Å². The summed E-state index contributed by atoms with van der Waals surface area (Å²) in [7, 11) is 2.11. The largest absolute Gasteiger partial charge is 0.493 e. The zero-order chi connectivity index (χ0) is 11.7. The van der Waals surface area contributed by atoms with Crippen molar-refractivity contribution in [2.45, 2.75) is 37.6 Å². The van der Waals surface area contributed by atoms with Crippen molar-refractivity contribution in [3.63, 3.8) is 0 Å². The second-order valence-electron chi connectivity index (χ2n) is 5.34. The maximum absolute atomic E-state index is 5.72. The molecular weight excluding hydrogens is 210 g/mol. The summed E-state index contributed by atoms with van der Waals surface area (Å²) in [5.41, 5.74) is 1.42. The summed E-state index contributed by atoms with van der Waals surface area (Å²) in [6, 6.07) is 9.24. The van der Waals surface area contributed by atoms with Gasteiger partial charge in [-0.3, -0.25) is 0 Å². The third-order valence-electron chi connectivity index (χ3n) is 4.18. The topological polar surface area (TPSA) is 21.3 Å². The highest BCUT2D eigenvalue weighted by Crippen LogP contribution is 2.41. The van der Waals surface area contributed by atoms with Crippen LogP contribution in [0.4, 0.5) is 0 Å². The molecule has 1 saturated carbocycles. The highest BCUT2D eigenvalue weighted by atomic mass is 16.5. The number of nitrogens with one attached hydrogen (secondary N) is 1. The molecule has 0 saturated heterocycles. The number of hydrogen-bond acceptors (Lipinski definition) is 2. The van der Waals surface area contributed by atoms with Gasteiger partial charge in [0.15, 0.2) is 0 Å². The van der Waals surface area contributed by atoms with Crippen LogP contribution in [-0.2, 0) is 0 Å². The van der Waals surface area contributed by atoms with Gasteiger partial charge in [0.1, 0.15) is 5.75 Å². The van der Waals surface area contributed by atoms with E-state index in [1.165, 1.54) is 31.2 Å². The molecule has 1 aromatic rings. The summed E-state index contributed by atoms with van der Waals surface area (Å²) >= 11 is 0. The minimum Gasteiger partial charge on any atom is -0.493 e. The highest BCUT2D eigenvalue weighted by Gasteiger charge is 2.33. The van der Waals surface area contributed by atoms with Crippen LogP contribution in [0.3, 0.4) is 0 Å². The predicted molar refractivity (Wildman–Crippen MR) is 69.5 cm³/mol. The molecule has 1 heterocycles. The summed E-state index contributed by atoms with van der Waals surface area (Å²) in [4.78, 5) is 0. The van der Waals surface area contributed by atoms with Gasteiger partial charge in [0.25, 0.3) is 0 Å². The first-order valence-electron chi connectivity index (χ1n) is 6.77. The van der Waals surface area contributed by atoms with Gasteiger partial charge >= 0.3 is 0 Å². The summed E-state index contributed by atoms with van der Waals surface area (Å²) in [5, 5.41) is 3.50. The Bertz CT molecular complexity index is 386. The molecule has 17 heavy (non-hydrogen) atoms. The Morgan fingerprint density at radius 3 is 2.88 bits per heavy atom. The maximum Gasteiger partial charge on any atom is 0.122 e. The molecule has 0 amide bonds. The van der Waals surface area contributed by atoms with Crippen LogP contribution in [-0.4, -0.2) is 19.7 Å². The summed E-state index contributed by atoms with van der Waals surface area (Å²) < 4.78 is 5.72. The zero-order valence-corrected chi connectivity index (χ0v) is 10.5. The van der Waals surface area contributed by atoms with Crippen molar-refractivity contribution in [2.24, 2.45) is 5.92 Å². The van der Waals surface area contributed by atoms with Crippen molar-refractivity contribution in [1.29, 1.82) is 0 Å². The monoisotopic (exact) mass is 231 g/mol. The van der Waals surface area contributed by atoms with Crippen molar-refractivity contribution in [2.75, 3.05) is 13.7 Å². The van der Waals surface area contributed by atoms with Gasteiger partial charge < -0.3 is 10.1 Å². The average molecular weight is 231 g/mol. The molecule has 2 atom stereocenters. The highest BCUT2D eigenvalue weighted by molar-refractivity contribution is 5.37. The molecule has 2 heteroatoms. The molecule has 1 aliphatic heterocycles. The lowest BCUT2D eigenvalue weighted by atomic mass is 9.86. The quantitative estimate of drug-likeness (QED) is 0.860. The Balaban J connectivity index is 1.75. The van der Waals surface area contributed by atoms with Crippen LogP contribution in [0.25, 0.3) is 0 Å². The van der Waals surface area contributed by atoms with E-state index < -0.39 is 0 Å². The molecule has 1 aromatic carbocycles. The van der Waals surface area contributed by atoms with E-state index in [4.69, 9.17) is 4.74 Å². The fraction of sp³-hybridized carbons (Fsp3) is 0.600. The SMILES string of the molecule is CNC(CC1CCOc2ccccc21)C1CC1. The summed E-state index contributed by atoms with van der Waals surface area (Å²) in [6.45, 7) is 0.878. The third kappa shape index (κ3) is 2.32. The smallest absolute Gasteiger partial charge is 0.122 e. The fourth-order valence-electron chi connectivity index (χ4n) is 3.01. The van der Waals surface area contributed by atoms with E-state index >= 15 is 0 Å². The molecule has 1 fully saturated rings. The van der Waals surface area contributed by atoms with Gasteiger partial charge in [-0.2, -0.15) is 0 Å². The molecule has 0 radical (unpaired) electrons. The van der Waals surface area contributed by atoms with Gasteiger partial charge in [-0.1, -0.05) is 18.2 Å². The first kappa shape index (κ1) is 11.1. The molecule has 0 bridgehead atoms. The first-order valence-corrected chi connectivity index (χ1v) is 6.77. The van der Waals surface area contributed by atoms with Crippen LogP contribution in [0.5, 0.6) is 5.75 Å². The summed E-state index contributed by atoms with van der Waals surface area (Å²) in [5.74, 6) is 2.71. The molecule has 2 aliphatic rings. The Kier molecular flexibility index (Phi) is 3.06. The minimum atomic E-state index is 0.679. The second-order valence-corrected chi connectivity index (χ2v) is 5.34. The number of ether oxygens (including phenoxy) is 1. The number of para-hydroxylation sites is 1. The second kappa shape index (κ2) is 4.69. The van der Waals surface area contributed by atoms with Crippen molar-refractivity contribution in [3.8, 4) is 5.75 Å². The van der Waals surface area contributed by atoms with Gasteiger partial charge in [0.05, 0.1) is 6.61 Å². The number of hydrogen-bond donors (Lipinski definition) is 1. The average Bonchev–Trinajstić information content (AvgIpc) is 3.20. The van der Waals surface area contributed by atoms with Crippen molar-refractivity contribution < 1.29 is 4.74 Å². The van der Waals surface area contributed by atoms with Crippen LogP contribution in [0.15, 0.2) is 24.3 Å². The number of fused-ring (bicyclic) bond motifs is 1. The first-order chi connectivity index (χ1) is 8.38. The van der Waals surface area contributed by atoms with Crippen LogP contribution in [0.1, 0.15) is 37.2 Å². The van der Waals surface area contributed by atoms with E-state index in [0.717, 1.165) is 18.3 Å². The minimum absolute atomic E-state index is 0.679. The van der Waals surface area contributed by atoms with E-state index in [9.17, 15) is 0 Å². The van der Waals surface area contributed by atoms with Gasteiger partial charge in [-0.15, -0.1) is 0 Å². The molecule has 3 rings (SSSR count). The molecule has 0 aromatic heterocycles. The molecule has 1 aliphatic carbocycles. The van der Waals surface area contributed by atoms with Crippen molar-refractivity contribution in [1.82, 2.24) is 5.32 Å². The third-order valence-corrected chi connectivity index (χ3v) is 4.18. The van der Waals surface area contributed by atoms with Crippen LogP contribution >= 0.6 is 0 Å². The molecule has 0 spiro atoms. The van der Waals surface area contributed by atoms with Crippen LogP contribution in [0.2, 0.25) is 0 Å². The molecule has 2 unspecified atom stereocenters. The molecule has 92 valence electrons. The van der Waals surface area contributed by atoms with E-state index in [0.29, 0.717) is 12.0 Å². The Morgan fingerprint density at radius 1 is 1.29 bits per heavy atom. The van der Waals surface area contributed by atoms with Gasteiger partial charge in [-0.05, 0) is 56.2 Å². The van der Waals surface area contributed by atoms with E-state index in [1.807, 2.05) is 0 Å². The molecule has 2 nitrogen and oxygen atoms in total. The number of rotatable bonds is 4. The van der Waals surface area contributed by atoms with E-state index in [1.54, 1.807) is 0 Å². The molecule has 1 N–H and O–H groups in total.